The molecule has 2 rings (SSSR count). The summed E-state index contributed by atoms with van der Waals surface area (Å²) in [5.74, 6) is -2.54. The second-order valence-electron chi connectivity index (χ2n) is 4.03. The molecule has 0 amide bonds. The second kappa shape index (κ2) is 5.49. The Hall–Kier alpha value is -2.74. The average Bonchev–Trinajstić information content (AvgIpc) is 2.42. The summed E-state index contributed by atoms with van der Waals surface area (Å²) in [5, 5.41) is 8.64. The van der Waals surface area contributed by atoms with E-state index < -0.39 is 17.4 Å². The number of nitrogens with zero attached hydrogens (tertiary/aromatic N) is 1. The highest BCUT2D eigenvalue weighted by molar-refractivity contribution is 5.96. The summed E-state index contributed by atoms with van der Waals surface area (Å²) in [6.45, 7) is 1.26. The number of halogens is 2. The number of hydrogen-bond acceptors (Lipinski definition) is 3. The second-order valence-corrected chi connectivity index (χ2v) is 4.03. The molecule has 0 spiro atoms. The summed E-state index contributed by atoms with van der Waals surface area (Å²) in [6, 6.07) is 9.18. The average molecular weight is 273 g/mol. The van der Waals surface area contributed by atoms with Gasteiger partial charge in [-0.1, -0.05) is 6.07 Å². The van der Waals surface area contributed by atoms with Crippen LogP contribution in [0.5, 0.6) is 11.5 Å². The van der Waals surface area contributed by atoms with Crippen molar-refractivity contribution < 1.29 is 18.3 Å². The molecular formula is C15H9F2NO2. The number of ketones is 1. The summed E-state index contributed by atoms with van der Waals surface area (Å²) in [4.78, 5) is 11.4. The highest BCUT2D eigenvalue weighted by Gasteiger charge is 2.16. The molecule has 0 saturated carbocycles. The summed E-state index contributed by atoms with van der Waals surface area (Å²) >= 11 is 0. The third kappa shape index (κ3) is 2.64. The van der Waals surface area contributed by atoms with Crippen molar-refractivity contribution >= 4 is 5.78 Å². The molecule has 0 radical (unpaired) electrons. The van der Waals surface area contributed by atoms with Gasteiger partial charge in [0.05, 0.1) is 17.2 Å². The zero-order valence-corrected chi connectivity index (χ0v) is 10.5. The van der Waals surface area contributed by atoms with E-state index in [4.69, 9.17) is 10.00 Å². The quantitative estimate of drug-likeness (QED) is 0.798. The Morgan fingerprint density at radius 3 is 2.55 bits per heavy atom. The molecule has 0 aliphatic heterocycles. The van der Waals surface area contributed by atoms with Crippen molar-refractivity contribution in [3.63, 3.8) is 0 Å². The lowest BCUT2D eigenvalue weighted by atomic mass is 10.1. The molecule has 5 heteroatoms. The third-order valence-electron chi connectivity index (χ3n) is 2.62. The molecule has 2 aromatic carbocycles. The van der Waals surface area contributed by atoms with E-state index in [1.165, 1.54) is 31.2 Å². The van der Waals surface area contributed by atoms with Crippen molar-refractivity contribution in [3.8, 4) is 17.6 Å². The summed E-state index contributed by atoms with van der Waals surface area (Å²) < 4.78 is 32.6. The Morgan fingerprint density at radius 2 is 1.95 bits per heavy atom. The predicted octanol–water partition coefficient (Wildman–Crippen LogP) is 3.83. The van der Waals surface area contributed by atoms with Crippen LogP contribution in [0.25, 0.3) is 0 Å². The minimum absolute atomic E-state index is 0.0220. The molecule has 0 aliphatic carbocycles. The number of hydrogen-bond donors (Lipinski definition) is 0. The molecule has 2 aromatic rings. The van der Waals surface area contributed by atoms with Gasteiger partial charge in [-0.2, -0.15) is 5.26 Å². The van der Waals surface area contributed by atoms with Crippen LogP contribution in [0.15, 0.2) is 36.4 Å². The van der Waals surface area contributed by atoms with E-state index in [1.807, 2.05) is 0 Å². The van der Waals surface area contributed by atoms with E-state index in [0.717, 1.165) is 12.1 Å². The molecule has 0 fully saturated rings. The first-order chi connectivity index (χ1) is 9.52. The Labute approximate surface area is 114 Å². The zero-order valence-electron chi connectivity index (χ0n) is 10.5. The van der Waals surface area contributed by atoms with Gasteiger partial charge in [0.25, 0.3) is 0 Å². The summed E-state index contributed by atoms with van der Waals surface area (Å²) in [7, 11) is 0. The van der Waals surface area contributed by atoms with Crippen LogP contribution in [0.3, 0.4) is 0 Å². The molecule has 20 heavy (non-hydrogen) atoms. The van der Waals surface area contributed by atoms with Crippen molar-refractivity contribution in [2.24, 2.45) is 0 Å². The van der Waals surface area contributed by atoms with Gasteiger partial charge in [-0.05, 0) is 37.3 Å². The lowest BCUT2D eigenvalue weighted by Gasteiger charge is -2.11. The van der Waals surface area contributed by atoms with Crippen molar-refractivity contribution in [2.45, 2.75) is 6.92 Å². The van der Waals surface area contributed by atoms with Crippen molar-refractivity contribution in [2.75, 3.05) is 0 Å². The maximum atomic E-state index is 13.7. The molecule has 0 heterocycles. The fourth-order valence-electron chi connectivity index (χ4n) is 1.65. The first kappa shape index (κ1) is 13.7. The highest BCUT2D eigenvalue weighted by Crippen LogP contribution is 2.30. The van der Waals surface area contributed by atoms with Crippen LogP contribution in [-0.2, 0) is 0 Å². The van der Waals surface area contributed by atoms with Gasteiger partial charge in [0.1, 0.15) is 0 Å². The lowest BCUT2D eigenvalue weighted by Crippen LogP contribution is -2.00. The maximum Gasteiger partial charge on any atom is 0.173 e. The van der Waals surface area contributed by atoms with Crippen LogP contribution in [0, 0.1) is 23.0 Å². The van der Waals surface area contributed by atoms with Crippen LogP contribution in [0.4, 0.5) is 8.78 Å². The fourth-order valence-corrected chi connectivity index (χ4v) is 1.65. The maximum absolute atomic E-state index is 13.7. The Balaban J connectivity index is 2.45. The van der Waals surface area contributed by atoms with Crippen LogP contribution < -0.4 is 4.74 Å². The van der Waals surface area contributed by atoms with Gasteiger partial charge in [0, 0.05) is 0 Å². The zero-order chi connectivity index (χ0) is 14.7. The van der Waals surface area contributed by atoms with Gasteiger partial charge in [-0.3, -0.25) is 4.79 Å². The molecule has 0 bridgehead atoms. The predicted molar refractivity (Wildman–Crippen MR) is 67.6 cm³/mol. The first-order valence-corrected chi connectivity index (χ1v) is 5.70. The molecule has 0 unspecified atom stereocenters. The molecule has 0 aliphatic rings. The monoisotopic (exact) mass is 273 g/mol. The SMILES string of the molecule is CC(=O)c1cccc(F)c1Oc1ccc(C#N)cc1F. The Bertz CT molecular complexity index is 720. The van der Waals surface area contributed by atoms with E-state index >= 15 is 0 Å². The number of carbonyl (C=O) groups excluding carboxylic acids is 1. The van der Waals surface area contributed by atoms with Gasteiger partial charge in [0.15, 0.2) is 28.9 Å². The number of para-hydroxylation sites is 1. The van der Waals surface area contributed by atoms with E-state index in [0.29, 0.717) is 0 Å². The number of rotatable bonds is 3. The molecule has 0 aromatic heterocycles. The minimum Gasteiger partial charge on any atom is -0.450 e. The molecule has 0 N–H and O–H groups in total. The lowest BCUT2D eigenvalue weighted by molar-refractivity contribution is 0.101. The van der Waals surface area contributed by atoms with Crippen LogP contribution in [-0.4, -0.2) is 5.78 Å². The van der Waals surface area contributed by atoms with Gasteiger partial charge in [0.2, 0.25) is 0 Å². The van der Waals surface area contributed by atoms with Gasteiger partial charge >= 0.3 is 0 Å². The fraction of sp³-hybridized carbons (Fsp3) is 0.0667. The van der Waals surface area contributed by atoms with E-state index in [9.17, 15) is 13.6 Å². The van der Waals surface area contributed by atoms with E-state index in [1.54, 1.807) is 6.07 Å². The Morgan fingerprint density at radius 1 is 1.20 bits per heavy atom. The topological polar surface area (TPSA) is 50.1 Å². The van der Waals surface area contributed by atoms with Crippen LogP contribution in [0.2, 0.25) is 0 Å². The van der Waals surface area contributed by atoms with Gasteiger partial charge < -0.3 is 4.74 Å². The smallest absolute Gasteiger partial charge is 0.173 e. The van der Waals surface area contributed by atoms with Crippen LogP contribution >= 0.6 is 0 Å². The molecule has 0 saturated heterocycles. The van der Waals surface area contributed by atoms with E-state index in [-0.39, 0.29) is 22.6 Å². The van der Waals surface area contributed by atoms with Crippen molar-refractivity contribution in [3.05, 3.63) is 59.2 Å². The van der Waals surface area contributed by atoms with Gasteiger partial charge in [-0.25, -0.2) is 8.78 Å². The number of Topliss-reactive ketones (excluding diaryl/α,β-unsaturated/α-hetero) is 1. The third-order valence-corrected chi connectivity index (χ3v) is 2.62. The van der Waals surface area contributed by atoms with Gasteiger partial charge in [-0.15, -0.1) is 0 Å². The number of nitriles is 1. The number of carbonyl (C=O) groups is 1. The molecule has 0 atom stereocenters. The summed E-state index contributed by atoms with van der Waals surface area (Å²) in [6.07, 6.45) is 0. The first-order valence-electron chi connectivity index (χ1n) is 5.70. The van der Waals surface area contributed by atoms with Crippen molar-refractivity contribution in [1.29, 1.82) is 5.26 Å². The largest absolute Gasteiger partial charge is 0.450 e. The number of benzene rings is 2. The van der Waals surface area contributed by atoms with E-state index in [2.05, 4.69) is 0 Å². The number of ether oxygens (including phenoxy) is 1. The van der Waals surface area contributed by atoms with Crippen LogP contribution in [0.1, 0.15) is 22.8 Å². The summed E-state index contributed by atoms with van der Waals surface area (Å²) in [5.41, 5.74) is 0.143. The molecular weight excluding hydrogens is 264 g/mol. The normalized spacial score (nSPS) is 9.90. The minimum atomic E-state index is -0.804. The van der Waals surface area contributed by atoms with Crippen molar-refractivity contribution in [1.82, 2.24) is 0 Å². The Kier molecular flexibility index (Phi) is 3.76. The molecule has 3 nitrogen and oxygen atoms in total. The highest BCUT2D eigenvalue weighted by atomic mass is 19.1. The standard InChI is InChI=1S/C15H9F2NO2/c1-9(19)11-3-2-4-12(16)15(11)20-14-6-5-10(8-18)7-13(14)17/h2-7H,1H3. The molecule has 100 valence electrons.